The molecule has 0 amide bonds. The zero-order chi connectivity index (χ0) is 13.2. The van der Waals surface area contributed by atoms with Gasteiger partial charge in [-0.15, -0.1) is 0 Å². The molecule has 2 aromatic rings. The summed E-state index contributed by atoms with van der Waals surface area (Å²) in [6.07, 6.45) is 2.43. The monoisotopic (exact) mass is 254 g/mol. The Morgan fingerprint density at radius 2 is 1.95 bits per heavy atom. The summed E-state index contributed by atoms with van der Waals surface area (Å²) < 4.78 is 0. The zero-order valence-corrected chi connectivity index (χ0v) is 11.1. The molecule has 0 aliphatic carbocycles. The van der Waals surface area contributed by atoms with Crippen molar-refractivity contribution < 1.29 is 5.11 Å². The van der Waals surface area contributed by atoms with E-state index in [1.54, 1.807) is 6.92 Å². The van der Waals surface area contributed by atoms with E-state index in [1.165, 1.54) is 11.1 Å². The Labute approximate surface area is 113 Å². The van der Waals surface area contributed by atoms with Gasteiger partial charge in [-0.2, -0.15) is 0 Å². The Balaban J connectivity index is 1.81. The van der Waals surface area contributed by atoms with Crippen LogP contribution >= 0.6 is 0 Å². The van der Waals surface area contributed by atoms with Gasteiger partial charge in [0.1, 0.15) is 0 Å². The third kappa shape index (κ3) is 2.47. The van der Waals surface area contributed by atoms with Crippen LogP contribution in [0.2, 0.25) is 0 Å². The number of pyridine rings is 1. The lowest BCUT2D eigenvalue weighted by molar-refractivity contribution is 0.194. The number of aromatic nitrogens is 1. The van der Waals surface area contributed by atoms with Gasteiger partial charge in [0.15, 0.2) is 0 Å². The molecule has 3 rings (SSSR count). The van der Waals surface area contributed by atoms with Crippen LogP contribution in [-0.2, 0) is 13.0 Å². The fourth-order valence-electron chi connectivity index (χ4n) is 2.55. The lowest BCUT2D eigenvalue weighted by atomic mass is 9.99. The van der Waals surface area contributed by atoms with Gasteiger partial charge in [0.25, 0.3) is 0 Å². The molecule has 1 aromatic carbocycles. The molecule has 3 nitrogen and oxygen atoms in total. The minimum Gasteiger partial charge on any atom is -0.387 e. The highest BCUT2D eigenvalue weighted by atomic mass is 16.3. The summed E-state index contributed by atoms with van der Waals surface area (Å²) in [6, 6.07) is 12.6. The second-order valence-corrected chi connectivity index (χ2v) is 5.06. The molecule has 0 spiro atoms. The second kappa shape index (κ2) is 5.02. The fourth-order valence-corrected chi connectivity index (χ4v) is 2.55. The van der Waals surface area contributed by atoms with Gasteiger partial charge in [0, 0.05) is 13.1 Å². The number of aliphatic hydroxyl groups is 1. The molecule has 0 bridgehead atoms. The average Bonchev–Trinajstić information content (AvgIpc) is 2.47. The van der Waals surface area contributed by atoms with Crippen LogP contribution in [0.3, 0.4) is 0 Å². The molecule has 0 saturated carbocycles. The van der Waals surface area contributed by atoms with Crippen molar-refractivity contribution in [1.82, 2.24) is 4.98 Å². The number of fused-ring (bicyclic) bond motifs is 1. The molecule has 1 unspecified atom stereocenters. The van der Waals surface area contributed by atoms with Crippen molar-refractivity contribution in [3.05, 3.63) is 59.4 Å². The molecule has 19 heavy (non-hydrogen) atoms. The highest BCUT2D eigenvalue weighted by Crippen LogP contribution is 2.24. The molecule has 1 aliphatic rings. The minimum atomic E-state index is -0.504. The van der Waals surface area contributed by atoms with Crippen LogP contribution in [0.5, 0.6) is 0 Å². The molecule has 3 heteroatoms. The van der Waals surface area contributed by atoms with Gasteiger partial charge in [-0.3, -0.25) is 4.98 Å². The predicted molar refractivity (Wildman–Crippen MR) is 76.1 cm³/mol. The minimum absolute atomic E-state index is 0.504. The standard InChI is InChI=1S/C16H18N2O/c1-12(19)16-7-6-15(10-17-16)18-9-8-13-4-2-3-5-14(13)11-18/h2-7,10,12,19H,8-9,11H2,1H3. The first kappa shape index (κ1) is 12.2. The maximum atomic E-state index is 9.48. The molecule has 1 aromatic heterocycles. The summed E-state index contributed by atoms with van der Waals surface area (Å²) >= 11 is 0. The predicted octanol–water partition coefficient (Wildman–Crippen LogP) is 2.70. The van der Waals surface area contributed by atoms with Gasteiger partial charge >= 0.3 is 0 Å². The second-order valence-electron chi connectivity index (χ2n) is 5.06. The van der Waals surface area contributed by atoms with Crippen molar-refractivity contribution in [1.29, 1.82) is 0 Å². The molecule has 1 N–H and O–H groups in total. The molecular formula is C16H18N2O. The Bertz CT molecular complexity index is 563. The number of hydrogen-bond acceptors (Lipinski definition) is 3. The summed E-state index contributed by atoms with van der Waals surface area (Å²) in [5.41, 5.74) is 4.70. The van der Waals surface area contributed by atoms with E-state index in [1.807, 2.05) is 18.3 Å². The Kier molecular flexibility index (Phi) is 3.22. The van der Waals surface area contributed by atoms with Crippen molar-refractivity contribution in [2.75, 3.05) is 11.4 Å². The van der Waals surface area contributed by atoms with E-state index in [2.05, 4.69) is 34.1 Å². The van der Waals surface area contributed by atoms with Gasteiger partial charge < -0.3 is 10.0 Å². The first-order chi connectivity index (χ1) is 9.24. The van der Waals surface area contributed by atoms with Gasteiger partial charge in [0.05, 0.1) is 23.7 Å². The number of aliphatic hydroxyl groups excluding tert-OH is 1. The van der Waals surface area contributed by atoms with E-state index in [0.29, 0.717) is 0 Å². The van der Waals surface area contributed by atoms with Crippen LogP contribution in [0, 0.1) is 0 Å². The molecule has 1 aliphatic heterocycles. The fraction of sp³-hybridized carbons (Fsp3) is 0.312. The number of hydrogen-bond donors (Lipinski definition) is 1. The molecule has 0 radical (unpaired) electrons. The van der Waals surface area contributed by atoms with E-state index < -0.39 is 6.10 Å². The van der Waals surface area contributed by atoms with Crippen LogP contribution in [0.4, 0.5) is 5.69 Å². The Morgan fingerprint density at radius 1 is 1.16 bits per heavy atom. The Hall–Kier alpha value is -1.87. The Morgan fingerprint density at radius 3 is 2.63 bits per heavy atom. The third-order valence-electron chi connectivity index (χ3n) is 3.69. The number of anilines is 1. The van der Waals surface area contributed by atoms with Crippen molar-refractivity contribution in [2.24, 2.45) is 0 Å². The average molecular weight is 254 g/mol. The highest BCUT2D eigenvalue weighted by Gasteiger charge is 2.16. The van der Waals surface area contributed by atoms with E-state index in [-0.39, 0.29) is 0 Å². The number of nitrogens with zero attached hydrogens (tertiary/aromatic N) is 2. The highest BCUT2D eigenvalue weighted by molar-refractivity contribution is 5.48. The summed E-state index contributed by atoms with van der Waals surface area (Å²) in [5.74, 6) is 0. The topological polar surface area (TPSA) is 36.4 Å². The van der Waals surface area contributed by atoms with Gasteiger partial charge in [-0.1, -0.05) is 24.3 Å². The van der Waals surface area contributed by atoms with Crippen molar-refractivity contribution in [3.63, 3.8) is 0 Å². The molecule has 0 fully saturated rings. The van der Waals surface area contributed by atoms with Crippen LogP contribution in [-0.4, -0.2) is 16.6 Å². The first-order valence-corrected chi connectivity index (χ1v) is 6.70. The summed E-state index contributed by atoms with van der Waals surface area (Å²) in [6.45, 7) is 3.69. The maximum Gasteiger partial charge on any atom is 0.0931 e. The maximum absolute atomic E-state index is 9.48. The third-order valence-corrected chi connectivity index (χ3v) is 3.69. The van der Waals surface area contributed by atoms with Crippen molar-refractivity contribution >= 4 is 5.69 Å². The lowest BCUT2D eigenvalue weighted by Gasteiger charge is -2.30. The van der Waals surface area contributed by atoms with Crippen LogP contribution < -0.4 is 4.90 Å². The largest absolute Gasteiger partial charge is 0.387 e. The molecule has 0 saturated heterocycles. The normalized spacial score (nSPS) is 16.0. The number of benzene rings is 1. The van der Waals surface area contributed by atoms with Crippen LogP contribution in [0.25, 0.3) is 0 Å². The molecule has 1 atom stereocenters. The van der Waals surface area contributed by atoms with E-state index in [4.69, 9.17) is 0 Å². The van der Waals surface area contributed by atoms with Gasteiger partial charge in [0.2, 0.25) is 0 Å². The van der Waals surface area contributed by atoms with E-state index >= 15 is 0 Å². The van der Waals surface area contributed by atoms with E-state index in [9.17, 15) is 5.11 Å². The number of rotatable bonds is 2. The molecular weight excluding hydrogens is 236 g/mol. The first-order valence-electron chi connectivity index (χ1n) is 6.70. The smallest absolute Gasteiger partial charge is 0.0931 e. The summed E-state index contributed by atoms with van der Waals surface area (Å²) in [4.78, 5) is 6.65. The quantitative estimate of drug-likeness (QED) is 0.895. The summed E-state index contributed by atoms with van der Waals surface area (Å²) in [5, 5.41) is 9.48. The summed E-state index contributed by atoms with van der Waals surface area (Å²) in [7, 11) is 0. The van der Waals surface area contributed by atoms with Gasteiger partial charge in [-0.25, -0.2) is 0 Å². The van der Waals surface area contributed by atoms with Crippen molar-refractivity contribution in [3.8, 4) is 0 Å². The molecule has 2 heterocycles. The van der Waals surface area contributed by atoms with Crippen LogP contribution in [0.1, 0.15) is 29.8 Å². The SMILES string of the molecule is CC(O)c1ccc(N2CCc3ccccc3C2)cn1. The van der Waals surface area contributed by atoms with E-state index in [0.717, 1.165) is 30.9 Å². The lowest BCUT2D eigenvalue weighted by Crippen LogP contribution is -2.30. The molecule has 98 valence electrons. The zero-order valence-electron chi connectivity index (χ0n) is 11.1. The van der Waals surface area contributed by atoms with Crippen LogP contribution in [0.15, 0.2) is 42.6 Å². The van der Waals surface area contributed by atoms with Crippen molar-refractivity contribution in [2.45, 2.75) is 26.0 Å². The van der Waals surface area contributed by atoms with Gasteiger partial charge in [-0.05, 0) is 36.6 Å².